The lowest BCUT2D eigenvalue weighted by molar-refractivity contribution is 1.40. The quantitative estimate of drug-likeness (QED) is 0.193. The number of benzene rings is 8. The maximum absolute atomic E-state index is 2.44. The number of hydrogen-bond donors (Lipinski definition) is 0. The van der Waals surface area contributed by atoms with Gasteiger partial charge in [0.25, 0.3) is 0 Å². The summed E-state index contributed by atoms with van der Waals surface area (Å²) in [4.78, 5) is 2.66. The Morgan fingerprint density at radius 1 is 0.326 bits per heavy atom. The molecule has 1 heterocycles. The summed E-state index contributed by atoms with van der Waals surface area (Å²) in [6.07, 6.45) is 0. The Labute approximate surface area is 255 Å². The monoisotopic (exact) mass is 562 g/mol. The first-order valence-corrected chi connectivity index (χ1v) is 15.6. The van der Waals surface area contributed by atoms with E-state index >= 15 is 0 Å². The fraction of sp³-hybridized carbons (Fsp3) is 0. The van der Waals surface area contributed by atoms with Gasteiger partial charge in [-0.1, -0.05) is 145 Å². The van der Waals surface area contributed by atoms with E-state index in [0.29, 0.717) is 0 Å². The smallest absolute Gasteiger partial charge is 0.0207 e. The SMILES string of the molecule is c1ccc(-c2ccc(-c3c4ccccc4c(-c4cc5c6c(cccc6c4)Sc4ccccc4-5)c4ccccc34)cc2)cc1. The fourth-order valence-electron chi connectivity index (χ4n) is 6.94. The van der Waals surface area contributed by atoms with Crippen LogP contribution in [-0.4, -0.2) is 0 Å². The van der Waals surface area contributed by atoms with Crippen LogP contribution in [0.4, 0.5) is 0 Å². The molecule has 0 amide bonds. The standard InChI is InChI=1S/C42H26S/c1-2-11-27(12-3-1)28-21-23-29(24-22-28)40-33-15-4-6-17-35(33)41(36-18-7-5-16-34(36)40)31-25-30-13-10-20-39-42(30)37(26-31)32-14-8-9-19-38(32)43-39/h1-26H. The first-order valence-electron chi connectivity index (χ1n) is 14.8. The lowest BCUT2D eigenvalue weighted by Crippen LogP contribution is -1.95. The fourth-order valence-corrected chi connectivity index (χ4v) is 8.09. The Kier molecular flexibility index (Phi) is 5.54. The van der Waals surface area contributed by atoms with Gasteiger partial charge >= 0.3 is 0 Å². The second-order valence-electron chi connectivity index (χ2n) is 11.3. The summed E-state index contributed by atoms with van der Waals surface area (Å²) < 4.78 is 0. The van der Waals surface area contributed by atoms with Crippen LogP contribution in [0.3, 0.4) is 0 Å². The minimum atomic E-state index is 1.23. The molecule has 0 spiro atoms. The van der Waals surface area contributed by atoms with E-state index in [4.69, 9.17) is 0 Å². The molecule has 0 N–H and O–H groups in total. The molecule has 0 atom stereocenters. The summed E-state index contributed by atoms with van der Waals surface area (Å²) in [6, 6.07) is 58.0. The number of rotatable bonds is 3. The van der Waals surface area contributed by atoms with Gasteiger partial charge in [0, 0.05) is 15.2 Å². The summed E-state index contributed by atoms with van der Waals surface area (Å²) >= 11 is 1.88. The molecule has 0 fully saturated rings. The van der Waals surface area contributed by atoms with Crippen molar-refractivity contribution in [2.75, 3.05) is 0 Å². The Bertz CT molecular complexity index is 2290. The highest BCUT2D eigenvalue weighted by atomic mass is 32.2. The van der Waals surface area contributed by atoms with Crippen LogP contribution in [-0.2, 0) is 0 Å². The Morgan fingerprint density at radius 3 is 1.56 bits per heavy atom. The van der Waals surface area contributed by atoms with E-state index in [1.807, 2.05) is 11.8 Å². The highest BCUT2D eigenvalue weighted by Gasteiger charge is 2.22. The molecule has 0 bridgehead atoms. The van der Waals surface area contributed by atoms with Crippen molar-refractivity contribution in [2.45, 2.75) is 9.79 Å². The molecule has 8 aromatic carbocycles. The molecule has 0 unspecified atom stereocenters. The molecule has 1 aliphatic rings. The molecule has 0 aromatic heterocycles. The summed E-state index contributed by atoms with van der Waals surface area (Å²) in [6.45, 7) is 0. The van der Waals surface area contributed by atoms with Gasteiger partial charge in [0.2, 0.25) is 0 Å². The van der Waals surface area contributed by atoms with Gasteiger partial charge in [-0.25, -0.2) is 0 Å². The average molecular weight is 563 g/mol. The van der Waals surface area contributed by atoms with E-state index in [2.05, 4.69) is 158 Å². The molecule has 1 aliphatic heterocycles. The molecule has 8 aromatic rings. The predicted octanol–water partition coefficient (Wildman–Crippen LogP) is 12.3. The Hall–Kier alpha value is -5.11. The van der Waals surface area contributed by atoms with E-state index in [0.717, 1.165) is 0 Å². The van der Waals surface area contributed by atoms with E-state index in [1.54, 1.807) is 0 Å². The van der Waals surface area contributed by atoms with E-state index in [-0.39, 0.29) is 0 Å². The van der Waals surface area contributed by atoms with Crippen LogP contribution >= 0.6 is 11.8 Å². The minimum Gasteiger partial charge on any atom is -0.0888 e. The number of fused-ring (bicyclic) bond motifs is 4. The lowest BCUT2D eigenvalue weighted by Gasteiger charge is -2.23. The van der Waals surface area contributed by atoms with E-state index < -0.39 is 0 Å². The molecule has 9 rings (SSSR count). The zero-order valence-electron chi connectivity index (χ0n) is 23.4. The van der Waals surface area contributed by atoms with Crippen LogP contribution in [0.5, 0.6) is 0 Å². The maximum Gasteiger partial charge on any atom is 0.0207 e. The van der Waals surface area contributed by atoms with Crippen molar-refractivity contribution in [3.8, 4) is 44.5 Å². The van der Waals surface area contributed by atoms with Crippen LogP contribution in [0.15, 0.2) is 168 Å². The molecule has 1 heteroatoms. The maximum atomic E-state index is 2.44. The van der Waals surface area contributed by atoms with Gasteiger partial charge < -0.3 is 0 Å². The minimum absolute atomic E-state index is 1.23. The molecular formula is C42H26S. The average Bonchev–Trinajstić information content (AvgIpc) is 3.07. The van der Waals surface area contributed by atoms with Crippen LogP contribution in [0, 0.1) is 0 Å². The molecule has 0 aliphatic carbocycles. The van der Waals surface area contributed by atoms with Crippen molar-refractivity contribution in [3.05, 3.63) is 158 Å². The largest absolute Gasteiger partial charge is 0.0888 e. The molecule has 0 saturated carbocycles. The van der Waals surface area contributed by atoms with Crippen molar-refractivity contribution in [1.82, 2.24) is 0 Å². The molecular weight excluding hydrogens is 537 g/mol. The van der Waals surface area contributed by atoms with Gasteiger partial charge in [-0.2, -0.15) is 0 Å². The highest BCUT2D eigenvalue weighted by Crippen LogP contribution is 2.51. The summed E-state index contributed by atoms with van der Waals surface area (Å²) in [5.41, 5.74) is 10.2. The molecule has 43 heavy (non-hydrogen) atoms. The summed E-state index contributed by atoms with van der Waals surface area (Å²) in [5.74, 6) is 0. The molecule has 200 valence electrons. The number of hydrogen-bond acceptors (Lipinski definition) is 1. The van der Waals surface area contributed by atoms with E-state index in [1.165, 1.54) is 86.6 Å². The van der Waals surface area contributed by atoms with Gasteiger partial charge in [-0.3, -0.25) is 0 Å². The van der Waals surface area contributed by atoms with Gasteiger partial charge in [-0.05, 0) is 95.7 Å². The van der Waals surface area contributed by atoms with Crippen molar-refractivity contribution in [3.63, 3.8) is 0 Å². The topological polar surface area (TPSA) is 0 Å². The normalized spacial score (nSPS) is 12.1. The molecule has 0 saturated heterocycles. The van der Waals surface area contributed by atoms with Gasteiger partial charge in [0.1, 0.15) is 0 Å². The lowest BCUT2D eigenvalue weighted by atomic mass is 9.84. The third-order valence-electron chi connectivity index (χ3n) is 8.84. The zero-order chi connectivity index (χ0) is 28.3. The first-order chi connectivity index (χ1) is 21.3. The second kappa shape index (κ2) is 9.73. The second-order valence-corrected chi connectivity index (χ2v) is 12.3. The molecule has 0 radical (unpaired) electrons. The van der Waals surface area contributed by atoms with Crippen LogP contribution in [0.2, 0.25) is 0 Å². The van der Waals surface area contributed by atoms with Gasteiger partial charge in [0.05, 0.1) is 0 Å². The third kappa shape index (κ3) is 3.86. The third-order valence-corrected chi connectivity index (χ3v) is 9.97. The van der Waals surface area contributed by atoms with E-state index in [9.17, 15) is 0 Å². The van der Waals surface area contributed by atoms with Crippen molar-refractivity contribution >= 4 is 44.1 Å². The van der Waals surface area contributed by atoms with Crippen molar-refractivity contribution in [1.29, 1.82) is 0 Å². The Morgan fingerprint density at radius 2 is 0.860 bits per heavy atom. The van der Waals surface area contributed by atoms with Crippen LogP contribution in [0.1, 0.15) is 0 Å². The van der Waals surface area contributed by atoms with Crippen LogP contribution < -0.4 is 0 Å². The summed E-state index contributed by atoms with van der Waals surface area (Å²) in [7, 11) is 0. The molecule has 0 nitrogen and oxygen atoms in total. The first kappa shape index (κ1) is 24.5. The predicted molar refractivity (Wildman–Crippen MR) is 185 cm³/mol. The van der Waals surface area contributed by atoms with Gasteiger partial charge in [0.15, 0.2) is 0 Å². The zero-order valence-corrected chi connectivity index (χ0v) is 24.2. The Balaban J connectivity index is 1.33. The van der Waals surface area contributed by atoms with Crippen molar-refractivity contribution < 1.29 is 0 Å². The summed E-state index contributed by atoms with van der Waals surface area (Å²) in [5, 5.41) is 7.78. The highest BCUT2D eigenvalue weighted by molar-refractivity contribution is 7.99. The van der Waals surface area contributed by atoms with Gasteiger partial charge in [-0.15, -0.1) is 0 Å². The van der Waals surface area contributed by atoms with Crippen molar-refractivity contribution in [2.24, 2.45) is 0 Å². The van der Waals surface area contributed by atoms with Crippen LogP contribution in [0.25, 0.3) is 76.8 Å².